The highest BCUT2D eigenvalue weighted by atomic mass is 35.5. The number of fused-ring (bicyclic) bond motifs is 1. The van der Waals surface area contributed by atoms with Gasteiger partial charge < -0.3 is 0 Å². The molecule has 0 saturated carbocycles. The minimum absolute atomic E-state index is 0.151. The van der Waals surface area contributed by atoms with Gasteiger partial charge in [-0.05, 0) is 36.1 Å². The number of hydrogen-bond acceptors (Lipinski definition) is 5. The Morgan fingerprint density at radius 3 is 2.76 bits per heavy atom. The fraction of sp³-hybridized carbons (Fsp3) is 0.154. The monoisotopic (exact) mass is 360 g/mol. The largest absolute Gasteiger partial charge is 0.278 e. The fourth-order valence-corrected chi connectivity index (χ4v) is 5.26. The van der Waals surface area contributed by atoms with Crippen molar-refractivity contribution in [1.82, 2.24) is 0 Å². The van der Waals surface area contributed by atoms with Crippen molar-refractivity contribution in [2.45, 2.75) is 10.6 Å². The number of benzene rings is 1. The Kier molecular flexibility index (Phi) is 3.96. The highest BCUT2D eigenvalue weighted by molar-refractivity contribution is 7.93. The lowest BCUT2D eigenvalue weighted by Gasteiger charge is -2.03. The SMILES string of the molecule is O=S1(=O)CCc2c1scc/c2=N\Nc1ccc(Cl)c(Cl)c1. The van der Waals surface area contributed by atoms with Crippen LogP contribution in [0.1, 0.15) is 5.56 Å². The second kappa shape index (κ2) is 5.61. The Bertz CT molecular complexity index is 876. The van der Waals surface area contributed by atoms with Crippen molar-refractivity contribution in [2.24, 2.45) is 5.10 Å². The number of rotatable bonds is 2. The summed E-state index contributed by atoms with van der Waals surface area (Å²) in [5, 5.41) is 7.54. The molecular formula is C13H10Cl2N2O2S2. The standard InChI is InChI=1S/C13H10Cl2N2O2S2/c14-10-2-1-8(7-11(10)15)16-17-12-3-5-20-13-9(12)4-6-21(13,18)19/h1-3,5,7,16H,4,6H2/b17-12+. The summed E-state index contributed by atoms with van der Waals surface area (Å²) in [5.41, 5.74) is 4.34. The van der Waals surface area contributed by atoms with Crippen molar-refractivity contribution in [3.05, 3.63) is 50.6 Å². The maximum atomic E-state index is 11.9. The fourth-order valence-electron chi connectivity index (χ4n) is 2.05. The van der Waals surface area contributed by atoms with E-state index in [-0.39, 0.29) is 5.75 Å². The van der Waals surface area contributed by atoms with Gasteiger partial charge in [0.25, 0.3) is 0 Å². The Balaban J connectivity index is 1.98. The van der Waals surface area contributed by atoms with Gasteiger partial charge in [0.05, 0.1) is 26.8 Å². The first kappa shape index (κ1) is 14.8. The molecule has 0 atom stereocenters. The van der Waals surface area contributed by atoms with E-state index in [9.17, 15) is 8.42 Å². The molecule has 8 heteroatoms. The maximum Gasteiger partial charge on any atom is 0.188 e. The van der Waals surface area contributed by atoms with E-state index in [2.05, 4.69) is 10.5 Å². The van der Waals surface area contributed by atoms with Crippen LogP contribution in [0.4, 0.5) is 5.69 Å². The lowest BCUT2D eigenvalue weighted by Crippen LogP contribution is -2.10. The van der Waals surface area contributed by atoms with Crippen molar-refractivity contribution < 1.29 is 8.42 Å². The lowest BCUT2D eigenvalue weighted by atomic mass is 10.2. The van der Waals surface area contributed by atoms with Gasteiger partial charge in [-0.15, -0.1) is 11.3 Å². The van der Waals surface area contributed by atoms with Gasteiger partial charge >= 0.3 is 0 Å². The van der Waals surface area contributed by atoms with E-state index in [0.717, 1.165) is 5.56 Å². The third-order valence-electron chi connectivity index (χ3n) is 3.08. The van der Waals surface area contributed by atoms with Gasteiger partial charge in [0, 0.05) is 5.56 Å². The highest BCUT2D eigenvalue weighted by Crippen LogP contribution is 2.27. The maximum absolute atomic E-state index is 11.9. The third-order valence-corrected chi connectivity index (χ3v) is 7.16. The number of halogens is 2. The summed E-state index contributed by atoms with van der Waals surface area (Å²) < 4.78 is 24.2. The first-order chi connectivity index (χ1) is 9.97. The van der Waals surface area contributed by atoms with Crippen molar-refractivity contribution in [3.63, 3.8) is 0 Å². The number of hydrogen-bond donors (Lipinski definition) is 1. The van der Waals surface area contributed by atoms with E-state index < -0.39 is 9.84 Å². The van der Waals surface area contributed by atoms with Gasteiger partial charge in [0.1, 0.15) is 4.21 Å². The van der Waals surface area contributed by atoms with E-state index in [4.69, 9.17) is 23.2 Å². The lowest BCUT2D eigenvalue weighted by molar-refractivity contribution is 0.601. The predicted molar refractivity (Wildman–Crippen MR) is 85.7 cm³/mol. The van der Waals surface area contributed by atoms with Crippen LogP contribution in [0.15, 0.2) is 39.0 Å². The molecule has 21 heavy (non-hydrogen) atoms. The zero-order valence-electron chi connectivity index (χ0n) is 10.6. The molecule has 4 nitrogen and oxygen atoms in total. The zero-order chi connectivity index (χ0) is 15.0. The van der Waals surface area contributed by atoms with Crippen molar-refractivity contribution in [3.8, 4) is 0 Å². The van der Waals surface area contributed by atoms with Crippen LogP contribution in [0.2, 0.25) is 10.0 Å². The average Bonchev–Trinajstić information content (AvgIpc) is 2.77. The molecule has 0 aliphatic carbocycles. The average molecular weight is 361 g/mol. The molecule has 1 aromatic carbocycles. The molecule has 0 spiro atoms. The molecule has 2 heterocycles. The topological polar surface area (TPSA) is 58.5 Å². The van der Waals surface area contributed by atoms with Gasteiger partial charge in [-0.3, -0.25) is 5.43 Å². The van der Waals surface area contributed by atoms with Gasteiger partial charge in [-0.25, -0.2) is 8.42 Å². The summed E-state index contributed by atoms with van der Waals surface area (Å²) in [4.78, 5) is 0. The van der Waals surface area contributed by atoms with Crippen LogP contribution in [0.5, 0.6) is 0 Å². The number of nitrogens with one attached hydrogen (secondary N) is 1. The van der Waals surface area contributed by atoms with E-state index >= 15 is 0 Å². The summed E-state index contributed by atoms with van der Waals surface area (Å²) >= 11 is 13.0. The Morgan fingerprint density at radius 1 is 1.19 bits per heavy atom. The van der Waals surface area contributed by atoms with Crippen LogP contribution < -0.4 is 10.8 Å². The minimum Gasteiger partial charge on any atom is -0.278 e. The first-order valence-corrected chi connectivity index (χ1v) is 9.34. The molecule has 1 aliphatic rings. The summed E-state index contributed by atoms with van der Waals surface area (Å²) in [6.07, 6.45) is 0.497. The smallest absolute Gasteiger partial charge is 0.188 e. The van der Waals surface area contributed by atoms with Gasteiger partial charge in [0.2, 0.25) is 0 Å². The molecular weight excluding hydrogens is 351 g/mol. The second-order valence-electron chi connectivity index (χ2n) is 4.49. The van der Waals surface area contributed by atoms with Crippen LogP contribution in [0, 0.1) is 0 Å². The highest BCUT2D eigenvalue weighted by Gasteiger charge is 2.27. The molecule has 0 saturated heterocycles. The van der Waals surface area contributed by atoms with Gasteiger partial charge in [-0.1, -0.05) is 23.2 Å². The summed E-state index contributed by atoms with van der Waals surface area (Å²) in [6.45, 7) is 0. The summed E-state index contributed by atoms with van der Waals surface area (Å²) in [7, 11) is -3.13. The van der Waals surface area contributed by atoms with Crippen LogP contribution in [-0.2, 0) is 16.3 Å². The minimum atomic E-state index is -3.13. The summed E-state index contributed by atoms with van der Waals surface area (Å²) in [6, 6.07) is 6.88. The molecule has 110 valence electrons. The van der Waals surface area contributed by atoms with Crippen LogP contribution >= 0.6 is 34.5 Å². The Labute approximate surface area is 136 Å². The molecule has 1 aliphatic heterocycles. The molecule has 2 aromatic rings. The van der Waals surface area contributed by atoms with Crippen LogP contribution in [0.25, 0.3) is 0 Å². The van der Waals surface area contributed by atoms with Gasteiger partial charge in [0.15, 0.2) is 9.84 Å². The molecule has 0 bridgehead atoms. The van der Waals surface area contributed by atoms with E-state index in [0.29, 0.717) is 31.7 Å². The Morgan fingerprint density at radius 2 is 2.00 bits per heavy atom. The molecule has 0 unspecified atom stereocenters. The zero-order valence-corrected chi connectivity index (χ0v) is 13.8. The van der Waals surface area contributed by atoms with Crippen molar-refractivity contribution in [2.75, 3.05) is 11.2 Å². The predicted octanol–water partition coefficient (Wildman–Crippen LogP) is 3.31. The van der Waals surface area contributed by atoms with Crippen molar-refractivity contribution >= 4 is 50.1 Å². The van der Waals surface area contributed by atoms with Crippen LogP contribution in [0.3, 0.4) is 0 Å². The molecule has 3 rings (SSSR count). The first-order valence-electron chi connectivity index (χ1n) is 6.05. The molecule has 1 aromatic heterocycles. The quantitative estimate of drug-likeness (QED) is 0.835. The normalized spacial score (nSPS) is 16.8. The molecule has 0 radical (unpaired) electrons. The third kappa shape index (κ3) is 2.94. The van der Waals surface area contributed by atoms with Crippen LogP contribution in [-0.4, -0.2) is 14.2 Å². The molecule has 0 amide bonds. The second-order valence-corrected chi connectivity index (χ2v) is 8.53. The number of nitrogens with zero attached hydrogens (tertiary/aromatic N) is 1. The summed E-state index contributed by atoms with van der Waals surface area (Å²) in [5.74, 6) is 0.151. The van der Waals surface area contributed by atoms with E-state index in [1.807, 2.05) is 0 Å². The number of anilines is 1. The van der Waals surface area contributed by atoms with Gasteiger partial charge in [-0.2, -0.15) is 5.10 Å². The van der Waals surface area contributed by atoms with Crippen molar-refractivity contribution in [1.29, 1.82) is 0 Å². The van der Waals surface area contributed by atoms with E-state index in [1.54, 1.807) is 29.6 Å². The Hall–Kier alpha value is -1.08. The van der Waals surface area contributed by atoms with E-state index in [1.165, 1.54) is 11.3 Å². The molecule has 1 N–H and O–H groups in total. The molecule has 0 fully saturated rings. The number of sulfone groups is 1.